The van der Waals surface area contributed by atoms with Gasteiger partial charge in [-0.1, -0.05) is 25.1 Å². The highest BCUT2D eigenvalue weighted by Gasteiger charge is 2.09. The number of nitrogens with one attached hydrogen (secondary N) is 1. The summed E-state index contributed by atoms with van der Waals surface area (Å²) in [5, 5.41) is 0. The highest BCUT2D eigenvalue weighted by Crippen LogP contribution is 2.23. The number of aryl methyl sites for hydroxylation is 2. The van der Waals surface area contributed by atoms with Gasteiger partial charge < -0.3 is 4.98 Å². The van der Waals surface area contributed by atoms with Crippen LogP contribution in [0.25, 0.3) is 0 Å². The first-order valence-corrected chi connectivity index (χ1v) is 5.24. The van der Waals surface area contributed by atoms with E-state index >= 15 is 0 Å². The minimum Gasteiger partial charge on any atom is -0.348 e. The van der Waals surface area contributed by atoms with Gasteiger partial charge in [0.2, 0.25) is 0 Å². The maximum absolute atomic E-state index is 4.05. The second-order valence-electron chi connectivity index (χ2n) is 4.07. The van der Waals surface area contributed by atoms with Crippen LogP contribution in [0.5, 0.6) is 0 Å². The third kappa shape index (κ3) is 1.94. The first-order valence-electron chi connectivity index (χ1n) is 5.24. The van der Waals surface area contributed by atoms with E-state index < -0.39 is 0 Å². The van der Waals surface area contributed by atoms with Crippen molar-refractivity contribution in [2.24, 2.45) is 0 Å². The van der Waals surface area contributed by atoms with E-state index in [9.17, 15) is 0 Å². The predicted molar refractivity (Wildman–Crippen MR) is 62.0 cm³/mol. The first kappa shape index (κ1) is 9.97. The second kappa shape index (κ2) is 3.89. The maximum Gasteiger partial charge on any atom is 0.0921 e. The zero-order valence-electron chi connectivity index (χ0n) is 9.41. The molecule has 0 amide bonds. The molecule has 2 nitrogen and oxygen atoms in total. The molecule has 1 atom stereocenters. The molecule has 0 fully saturated rings. The molecular formula is C13H16N2. The molecule has 0 bridgehead atoms. The largest absolute Gasteiger partial charge is 0.348 e. The Morgan fingerprint density at radius 1 is 1.20 bits per heavy atom. The fraction of sp³-hybridized carbons (Fsp3) is 0.308. The molecule has 1 aromatic heterocycles. The van der Waals surface area contributed by atoms with Crippen molar-refractivity contribution in [2.45, 2.75) is 26.7 Å². The molecule has 2 rings (SSSR count). The molecule has 0 aliphatic rings. The van der Waals surface area contributed by atoms with Gasteiger partial charge >= 0.3 is 0 Å². The molecule has 1 aromatic carbocycles. The lowest BCUT2D eigenvalue weighted by atomic mass is 9.95. The van der Waals surface area contributed by atoms with E-state index in [0.717, 1.165) is 0 Å². The average molecular weight is 200 g/mol. The SMILES string of the molecule is Cc1ccc(C(C)c2cnc[nH]2)cc1C. The minimum absolute atomic E-state index is 0.381. The van der Waals surface area contributed by atoms with Crippen LogP contribution in [0.4, 0.5) is 0 Å². The van der Waals surface area contributed by atoms with Gasteiger partial charge in [-0.25, -0.2) is 4.98 Å². The van der Waals surface area contributed by atoms with E-state index in [0.29, 0.717) is 5.92 Å². The normalized spacial score (nSPS) is 12.7. The van der Waals surface area contributed by atoms with Crippen molar-refractivity contribution in [1.82, 2.24) is 9.97 Å². The smallest absolute Gasteiger partial charge is 0.0921 e. The Morgan fingerprint density at radius 2 is 2.00 bits per heavy atom. The second-order valence-corrected chi connectivity index (χ2v) is 4.07. The van der Waals surface area contributed by atoms with E-state index in [1.807, 2.05) is 6.20 Å². The molecule has 2 aromatic rings. The Balaban J connectivity index is 2.34. The molecule has 0 aliphatic heterocycles. The van der Waals surface area contributed by atoms with E-state index in [-0.39, 0.29) is 0 Å². The van der Waals surface area contributed by atoms with Crippen LogP contribution in [-0.2, 0) is 0 Å². The summed E-state index contributed by atoms with van der Waals surface area (Å²) < 4.78 is 0. The number of aromatic amines is 1. The molecule has 1 unspecified atom stereocenters. The zero-order valence-corrected chi connectivity index (χ0v) is 9.41. The quantitative estimate of drug-likeness (QED) is 0.792. The Labute approximate surface area is 90.4 Å². The molecule has 0 saturated carbocycles. The fourth-order valence-electron chi connectivity index (χ4n) is 1.72. The third-order valence-corrected chi connectivity index (χ3v) is 3.02. The van der Waals surface area contributed by atoms with Crippen molar-refractivity contribution < 1.29 is 0 Å². The summed E-state index contributed by atoms with van der Waals surface area (Å²) in [6.07, 6.45) is 3.62. The van der Waals surface area contributed by atoms with Crippen molar-refractivity contribution in [3.8, 4) is 0 Å². The van der Waals surface area contributed by atoms with Crippen molar-refractivity contribution in [1.29, 1.82) is 0 Å². The number of imidazole rings is 1. The van der Waals surface area contributed by atoms with Crippen LogP contribution in [-0.4, -0.2) is 9.97 Å². The summed E-state index contributed by atoms with van der Waals surface area (Å²) in [5.41, 5.74) is 5.19. The van der Waals surface area contributed by atoms with E-state index in [4.69, 9.17) is 0 Å². The predicted octanol–water partition coefficient (Wildman–Crippen LogP) is 3.18. The van der Waals surface area contributed by atoms with Gasteiger partial charge in [0.15, 0.2) is 0 Å². The number of hydrogen-bond donors (Lipinski definition) is 1. The van der Waals surface area contributed by atoms with Crippen LogP contribution in [0, 0.1) is 13.8 Å². The van der Waals surface area contributed by atoms with E-state index in [2.05, 4.69) is 48.9 Å². The van der Waals surface area contributed by atoms with Gasteiger partial charge in [-0.2, -0.15) is 0 Å². The van der Waals surface area contributed by atoms with Crippen LogP contribution < -0.4 is 0 Å². The van der Waals surface area contributed by atoms with Gasteiger partial charge in [0.25, 0.3) is 0 Å². The number of benzene rings is 1. The average Bonchev–Trinajstić information content (AvgIpc) is 2.74. The Morgan fingerprint density at radius 3 is 2.60 bits per heavy atom. The van der Waals surface area contributed by atoms with Crippen molar-refractivity contribution in [2.75, 3.05) is 0 Å². The lowest BCUT2D eigenvalue weighted by Gasteiger charge is -2.11. The van der Waals surface area contributed by atoms with Gasteiger partial charge in [0, 0.05) is 17.8 Å². The van der Waals surface area contributed by atoms with E-state index in [1.165, 1.54) is 22.4 Å². The Hall–Kier alpha value is -1.57. The van der Waals surface area contributed by atoms with Crippen LogP contribution in [0.1, 0.15) is 35.2 Å². The molecule has 0 spiro atoms. The van der Waals surface area contributed by atoms with Crippen molar-refractivity contribution in [3.63, 3.8) is 0 Å². The number of aromatic nitrogens is 2. The monoisotopic (exact) mass is 200 g/mol. The maximum atomic E-state index is 4.05. The summed E-state index contributed by atoms with van der Waals surface area (Å²) in [7, 11) is 0. The summed E-state index contributed by atoms with van der Waals surface area (Å²) in [6.45, 7) is 6.48. The van der Waals surface area contributed by atoms with Crippen molar-refractivity contribution >= 4 is 0 Å². The van der Waals surface area contributed by atoms with Crippen LogP contribution in [0.2, 0.25) is 0 Å². The first-order chi connectivity index (χ1) is 7.18. The number of rotatable bonds is 2. The van der Waals surface area contributed by atoms with Gasteiger partial charge in [-0.3, -0.25) is 0 Å². The lowest BCUT2D eigenvalue weighted by molar-refractivity contribution is 0.880. The molecule has 0 saturated heterocycles. The van der Waals surface area contributed by atoms with Gasteiger partial charge in [-0.05, 0) is 30.5 Å². The minimum atomic E-state index is 0.381. The summed E-state index contributed by atoms with van der Waals surface area (Å²) in [4.78, 5) is 7.21. The summed E-state index contributed by atoms with van der Waals surface area (Å²) in [6, 6.07) is 6.62. The number of nitrogens with zero attached hydrogens (tertiary/aromatic N) is 1. The van der Waals surface area contributed by atoms with Gasteiger partial charge in [-0.15, -0.1) is 0 Å². The highest BCUT2D eigenvalue weighted by molar-refractivity contribution is 5.34. The van der Waals surface area contributed by atoms with Crippen LogP contribution in [0.15, 0.2) is 30.7 Å². The molecule has 0 aliphatic carbocycles. The van der Waals surface area contributed by atoms with Gasteiger partial charge in [0.05, 0.1) is 6.33 Å². The molecule has 78 valence electrons. The molecule has 1 heterocycles. The third-order valence-electron chi connectivity index (χ3n) is 3.02. The molecule has 0 radical (unpaired) electrons. The van der Waals surface area contributed by atoms with E-state index in [1.54, 1.807) is 6.33 Å². The lowest BCUT2D eigenvalue weighted by Crippen LogP contribution is -1.97. The Kier molecular flexibility index (Phi) is 2.58. The topological polar surface area (TPSA) is 28.7 Å². The molecule has 2 heteroatoms. The summed E-state index contributed by atoms with van der Waals surface area (Å²) >= 11 is 0. The summed E-state index contributed by atoms with van der Waals surface area (Å²) in [5.74, 6) is 0.381. The number of hydrogen-bond acceptors (Lipinski definition) is 1. The fourth-order valence-corrected chi connectivity index (χ4v) is 1.72. The molecule has 15 heavy (non-hydrogen) atoms. The van der Waals surface area contributed by atoms with Crippen LogP contribution in [0.3, 0.4) is 0 Å². The van der Waals surface area contributed by atoms with Crippen molar-refractivity contribution in [3.05, 3.63) is 53.1 Å². The standard InChI is InChI=1S/C13H16N2/c1-9-4-5-12(6-10(9)2)11(3)13-7-14-8-15-13/h4-8,11H,1-3H3,(H,14,15). The van der Waals surface area contributed by atoms with Gasteiger partial charge in [0.1, 0.15) is 0 Å². The zero-order chi connectivity index (χ0) is 10.8. The van der Waals surface area contributed by atoms with Crippen LogP contribution >= 0.6 is 0 Å². The number of H-pyrrole nitrogens is 1. The Bertz CT molecular complexity index is 444. The molecule has 1 N–H and O–H groups in total. The molecular weight excluding hydrogens is 184 g/mol. The highest BCUT2D eigenvalue weighted by atomic mass is 14.9.